The highest BCUT2D eigenvalue weighted by molar-refractivity contribution is 9.10. The van der Waals surface area contributed by atoms with Crippen LogP contribution in [0.15, 0.2) is 40.9 Å². The first-order chi connectivity index (χ1) is 9.04. The molecule has 0 heterocycles. The summed E-state index contributed by atoms with van der Waals surface area (Å²) in [6.07, 6.45) is 0. The minimum absolute atomic E-state index is 0.00579. The van der Waals surface area contributed by atoms with Crippen molar-refractivity contribution >= 4 is 21.7 Å². The molecule has 3 heteroatoms. The largest absolute Gasteiger partial charge is 0.496 e. The summed E-state index contributed by atoms with van der Waals surface area (Å²) in [7, 11) is 1.57. The first-order valence-electron chi connectivity index (χ1n) is 5.99. The van der Waals surface area contributed by atoms with Crippen molar-refractivity contribution in [2.75, 3.05) is 7.11 Å². The molecule has 0 aliphatic carbocycles. The van der Waals surface area contributed by atoms with E-state index in [-0.39, 0.29) is 5.78 Å². The molecule has 0 saturated heterocycles. The van der Waals surface area contributed by atoms with Crippen LogP contribution in [0.3, 0.4) is 0 Å². The van der Waals surface area contributed by atoms with E-state index in [4.69, 9.17) is 4.74 Å². The summed E-state index contributed by atoms with van der Waals surface area (Å²) in [4.78, 5) is 12.7. The number of ketones is 1. The number of rotatable bonds is 3. The Hall–Kier alpha value is -1.61. The molecule has 0 aliphatic rings. The number of carbonyl (C=O) groups is 1. The van der Waals surface area contributed by atoms with E-state index in [0.29, 0.717) is 11.3 Å². The number of hydrogen-bond acceptors (Lipinski definition) is 2. The van der Waals surface area contributed by atoms with Crippen LogP contribution >= 0.6 is 15.9 Å². The van der Waals surface area contributed by atoms with Gasteiger partial charge in [-0.2, -0.15) is 0 Å². The highest BCUT2D eigenvalue weighted by Gasteiger charge is 2.18. The molecule has 0 fully saturated rings. The third-order valence-electron chi connectivity index (χ3n) is 3.11. The van der Waals surface area contributed by atoms with Crippen LogP contribution in [0.25, 0.3) is 0 Å². The van der Waals surface area contributed by atoms with Gasteiger partial charge in [-0.15, -0.1) is 0 Å². The highest BCUT2D eigenvalue weighted by Crippen LogP contribution is 2.27. The Kier molecular flexibility index (Phi) is 4.05. The van der Waals surface area contributed by atoms with Crippen molar-refractivity contribution in [3.05, 3.63) is 63.1 Å². The molecule has 0 aromatic heterocycles. The summed E-state index contributed by atoms with van der Waals surface area (Å²) in [5.41, 5.74) is 3.28. The van der Waals surface area contributed by atoms with Crippen molar-refractivity contribution < 1.29 is 9.53 Å². The lowest BCUT2D eigenvalue weighted by Crippen LogP contribution is -2.08. The molecule has 0 unspecified atom stereocenters. The fourth-order valence-corrected chi connectivity index (χ4v) is 2.53. The van der Waals surface area contributed by atoms with Crippen LogP contribution in [-0.2, 0) is 0 Å². The molecule has 0 bridgehead atoms. The molecule has 2 nitrogen and oxygen atoms in total. The van der Waals surface area contributed by atoms with Crippen LogP contribution in [0.5, 0.6) is 5.75 Å². The van der Waals surface area contributed by atoms with E-state index < -0.39 is 0 Å². The molecule has 0 aliphatic heterocycles. The lowest BCUT2D eigenvalue weighted by atomic mass is 9.94. The molecule has 0 spiro atoms. The van der Waals surface area contributed by atoms with E-state index in [1.54, 1.807) is 19.2 Å². The van der Waals surface area contributed by atoms with Crippen LogP contribution in [0.1, 0.15) is 27.0 Å². The average molecular weight is 319 g/mol. The van der Waals surface area contributed by atoms with Crippen molar-refractivity contribution in [1.29, 1.82) is 0 Å². The number of benzene rings is 2. The zero-order chi connectivity index (χ0) is 14.0. The van der Waals surface area contributed by atoms with Gasteiger partial charge in [0.25, 0.3) is 0 Å². The maximum absolute atomic E-state index is 12.7. The van der Waals surface area contributed by atoms with E-state index in [1.807, 2.05) is 38.1 Å². The summed E-state index contributed by atoms with van der Waals surface area (Å²) in [6.45, 7) is 3.90. The monoisotopic (exact) mass is 318 g/mol. The first kappa shape index (κ1) is 13.8. The lowest BCUT2D eigenvalue weighted by molar-refractivity contribution is 0.103. The highest BCUT2D eigenvalue weighted by atomic mass is 79.9. The Balaban J connectivity index is 2.59. The maximum atomic E-state index is 12.7. The number of halogens is 1. The van der Waals surface area contributed by atoms with Gasteiger partial charge in [0.15, 0.2) is 5.78 Å². The van der Waals surface area contributed by atoms with Crippen LogP contribution in [0.4, 0.5) is 0 Å². The summed E-state index contributed by atoms with van der Waals surface area (Å²) >= 11 is 3.40. The van der Waals surface area contributed by atoms with Gasteiger partial charge in [0, 0.05) is 10.0 Å². The third-order valence-corrected chi connectivity index (χ3v) is 3.61. The van der Waals surface area contributed by atoms with Gasteiger partial charge in [-0.05, 0) is 43.2 Å². The number of ether oxygens (including phenoxy) is 1. The normalized spacial score (nSPS) is 10.3. The third kappa shape index (κ3) is 2.71. The minimum atomic E-state index is -0.00579. The summed E-state index contributed by atoms with van der Waals surface area (Å²) in [5, 5.41) is 0. The molecule has 0 radical (unpaired) electrons. The van der Waals surface area contributed by atoms with E-state index >= 15 is 0 Å². The van der Waals surface area contributed by atoms with Gasteiger partial charge >= 0.3 is 0 Å². The fourth-order valence-electron chi connectivity index (χ4n) is 2.16. The van der Waals surface area contributed by atoms with Gasteiger partial charge in [-0.1, -0.05) is 34.1 Å². The number of aryl methyl sites for hydroxylation is 2. The summed E-state index contributed by atoms with van der Waals surface area (Å²) in [6, 6.07) is 11.3. The van der Waals surface area contributed by atoms with Crippen LogP contribution in [-0.4, -0.2) is 12.9 Å². The Morgan fingerprint density at radius 3 is 2.32 bits per heavy atom. The van der Waals surface area contributed by atoms with Crippen molar-refractivity contribution in [3.63, 3.8) is 0 Å². The van der Waals surface area contributed by atoms with Crippen LogP contribution in [0, 0.1) is 13.8 Å². The molecule has 0 saturated carbocycles. The molecule has 19 heavy (non-hydrogen) atoms. The molecule has 2 aromatic rings. The zero-order valence-electron chi connectivity index (χ0n) is 11.2. The van der Waals surface area contributed by atoms with Gasteiger partial charge in [-0.25, -0.2) is 0 Å². The van der Waals surface area contributed by atoms with E-state index in [0.717, 1.165) is 21.2 Å². The quantitative estimate of drug-likeness (QED) is 0.788. The van der Waals surface area contributed by atoms with Crippen LogP contribution in [0.2, 0.25) is 0 Å². The predicted molar refractivity (Wildman–Crippen MR) is 80.0 cm³/mol. The fraction of sp³-hybridized carbons (Fsp3) is 0.188. The van der Waals surface area contributed by atoms with Gasteiger partial charge < -0.3 is 4.74 Å². The molecule has 2 rings (SSSR count). The predicted octanol–water partition coefficient (Wildman–Crippen LogP) is 4.31. The standard InChI is InChI=1S/C16H15BrO2/c1-10-5-4-6-11(2)15(10)16(18)13-9-12(17)7-8-14(13)19-3/h4-9H,1-3H3. The van der Waals surface area contributed by atoms with Gasteiger partial charge in [0.2, 0.25) is 0 Å². The summed E-state index contributed by atoms with van der Waals surface area (Å²) < 4.78 is 6.14. The second-order valence-electron chi connectivity index (χ2n) is 4.44. The van der Waals surface area contributed by atoms with Crippen molar-refractivity contribution in [2.45, 2.75) is 13.8 Å². The first-order valence-corrected chi connectivity index (χ1v) is 6.78. The van der Waals surface area contributed by atoms with E-state index in [1.165, 1.54) is 0 Å². The SMILES string of the molecule is COc1ccc(Br)cc1C(=O)c1c(C)cccc1C. The molecular weight excluding hydrogens is 304 g/mol. The maximum Gasteiger partial charge on any atom is 0.197 e. The second-order valence-corrected chi connectivity index (χ2v) is 5.36. The average Bonchev–Trinajstić information content (AvgIpc) is 2.38. The molecule has 2 aromatic carbocycles. The van der Waals surface area contributed by atoms with Gasteiger partial charge in [0.05, 0.1) is 12.7 Å². The minimum Gasteiger partial charge on any atom is -0.496 e. The Labute approximate surface area is 121 Å². The van der Waals surface area contributed by atoms with E-state index in [9.17, 15) is 4.79 Å². The van der Waals surface area contributed by atoms with Gasteiger partial charge in [0.1, 0.15) is 5.75 Å². The Morgan fingerprint density at radius 2 is 1.74 bits per heavy atom. The number of methoxy groups -OCH3 is 1. The van der Waals surface area contributed by atoms with Gasteiger partial charge in [-0.3, -0.25) is 4.79 Å². The van der Waals surface area contributed by atoms with Crippen molar-refractivity contribution in [2.24, 2.45) is 0 Å². The molecule has 98 valence electrons. The topological polar surface area (TPSA) is 26.3 Å². The van der Waals surface area contributed by atoms with Crippen molar-refractivity contribution in [3.8, 4) is 5.75 Å². The molecular formula is C16H15BrO2. The molecule has 0 amide bonds. The van der Waals surface area contributed by atoms with Crippen molar-refractivity contribution in [1.82, 2.24) is 0 Å². The number of hydrogen-bond donors (Lipinski definition) is 0. The van der Waals surface area contributed by atoms with E-state index in [2.05, 4.69) is 15.9 Å². The summed E-state index contributed by atoms with van der Waals surface area (Å²) in [5.74, 6) is 0.588. The Bertz CT molecular complexity index is 612. The zero-order valence-corrected chi connectivity index (χ0v) is 12.7. The molecule has 0 atom stereocenters. The second kappa shape index (κ2) is 5.57. The smallest absolute Gasteiger partial charge is 0.197 e. The number of carbonyl (C=O) groups excluding carboxylic acids is 1. The molecule has 0 N–H and O–H groups in total. The Morgan fingerprint density at radius 1 is 1.11 bits per heavy atom. The van der Waals surface area contributed by atoms with Crippen LogP contribution < -0.4 is 4.74 Å². The lowest BCUT2D eigenvalue weighted by Gasteiger charge is -2.12.